The molecule has 0 fully saturated rings. The van der Waals surface area contributed by atoms with Crippen molar-refractivity contribution in [1.82, 2.24) is 9.80 Å². The van der Waals surface area contributed by atoms with Gasteiger partial charge in [-0.2, -0.15) is 0 Å². The summed E-state index contributed by atoms with van der Waals surface area (Å²) in [6, 6.07) is 9.03. The number of carbonyl (C=O) groups excluding carboxylic acids is 2. The molecule has 0 radical (unpaired) electrons. The highest BCUT2D eigenvalue weighted by Gasteiger charge is 2.30. The van der Waals surface area contributed by atoms with Gasteiger partial charge < -0.3 is 20.2 Å². The molecule has 2 aromatic rings. The van der Waals surface area contributed by atoms with Crippen LogP contribution in [0.4, 0.5) is 19.3 Å². The molecular weight excluding hydrogens is 416 g/mol. The second kappa shape index (κ2) is 8.35. The average molecular weight is 441 g/mol. The van der Waals surface area contributed by atoms with E-state index in [4.69, 9.17) is 0 Å². The van der Waals surface area contributed by atoms with Gasteiger partial charge in [-0.05, 0) is 55.7 Å². The Morgan fingerprint density at radius 3 is 2.06 bits per heavy atom. The molecule has 2 aromatic carbocycles. The maximum atomic E-state index is 13.9. The first kappa shape index (κ1) is 22.0. The number of nitrogens with one attached hydrogen (secondary N) is 1. The molecule has 0 aromatic heterocycles. The van der Waals surface area contributed by atoms with Crippen molar-refractivity contribution in [2.24, 2.45) is 0 Å². The van der Waals surface area contributed by atoms with Gasteiger partial charge >= 0.3 is 6.03 Å². The van der Waals surface area contributed by atoms with Crippen LogP contribution in [-0.2, 0) is 17.9 Å². The largest absolute Gasteiger partial charge is 0.381 e. The highest BCUT2D eigenvalue weighted by molar-refractivity contribution is 5.90. The smallest absolute Gasteiger partial charge is 0.322 e. The van der Waals surface area contributed by atoms with Crippen LogP contribution in [0.15, 0.2) is 42.5 Å². The molecule has 0 spiro atoms. The molecule has 2 aliphatic rings. The molecule has 0 aliphatic carbocycles. The lowest BCUT2D eigenvalue weighted by Crippen LogP contribution is -2.46. The maximum absolute atomic E-state index is 13.9. The number of carbonyl (C=O) groups is 2. The Balaban J connectivity index is 1.37. The Morgan fingerprint density at radius 2 is 1.56 bits per heavy atom. The number of fused-ring (bicyclic) bond motifs is 1. The number of aliphatic hydroxyl groups is 1. The highest BCUT2D eigenvalue weighted by atomic mass is 19.1. The lowest BCUT2D eigenvalue weighted by atomic mass is 9.98. The van der Waals surface area contributed by atoms with Gasteiger partial charge in [0.05, 0.1) is 13.1 Å². The number of nitrogens with zero attached hydrogens (tertiary/aromatic N) is 2. The quantitative estimate of drug-likeness (QED) is 0.759. The molecule has 2 N–H and O–H groups in total. The minimum atomic E-state index is -1.39. The minimum absolute atomic E-state index is 0.0234. The van der Waals surface area contributed by atoms with Crippen molar-refractivity contribution < 1.29 is 23.5 Å². The fourth-order valence-corrected chi connectivity index (χ4v) is 4.03. The fourth-order valence-electron chi connectivity index (χ4n) is 4.03. The molecule has 4 rings (SSSR count). The lowest BCUT2D eigenvalue weighted by Gasteiger charge is -2.31. The van der Waals surface area contributed by atoms with Crippen molar-refractivity contribution in [2.45, 2.75) is 39.0 Å². The van der Waals surface area contributed by atoms with Crippen molar-refractivity contribution in [3.8, 4) is 0 Å². The Labute approximate surface area is 185 Å². The molecule has 3 amide bonds. The van der Waals surface area contributed by atoms with Gasteiger partial charge in [0.2, 0.25) is 0 Å². The topological polar surface area (TPSA) is 72.9 Å². The van der Waals surface area contributed by atoms with E-state index < -0.39 is 23.3 Å². The van der Waals surface area contributed by atoms with Crippen molar-refractivity contribution in [3.63, 3.8) is 0 Å². The highest BCUT2D eigenvalue weighted by Crippen LogP contribution is 2.29. The third-order valence-corrected chi connectivity index (χ3v) is 5.83. The first-order chi connectivity index (χ1) is 15.1. The first-order valence-corrected chi connectivity index (χ1v) is 10.5. The Kier molecular flexibility index (Phi) is 5.73. The molecule has 0 saturated heterocycles. The van der Waals surface area contributed by atoms with Crippen LogP contribution < -0.4 is 5.32 Å². The molecule has 2 heterocycles. The van der Waals surface area contributed by atoms with Crippen molar-refractivity contribution in [1.29, 1.82) is 0 Å². The van der Waals surface area contributed by atoms with Gasteiger partial charge in [-0.1, -0.05) is 18.2 Å². The van der Waals surface area contributed by atoms with Crippen molar-refractivity contribution in [3.05, 3.63) is 70.8 Å². The van der Waals surface area contributed by atoms with Crippen LogP contribution in [0.25, 0.3) is 5.57 Å². The maximum Gasteiger partial charge on any atom is 0.322 e. The monoisotopic (exact) mass is 441 g/mol. The van der Waals surface area contributed by atoms with Crippen LogP contribution in [0.1, 0.15) is 37.0 Å². The van der Waals surface area contributed by atoms with E-state index in [9.17, 15) is 23.5 Å². The van der Waals surface area contributed by atoms with E-state index in [0.29, 0.717) is 25.2 Å². The predicted octanol–water partition coefficient (Wildman–Crippen LogP) is 3.90. The third-order valence-electron chi connectivity index (χ3n) is 5.83. The molecule has 0 atom stereocenters. The van der Waals surface area contributed by atoms with Crippen LogP contribution in [-0.4, -0.2) is 45.5 Å². The number of urea groups is 1. The summed E-state index contributed by atoms with van der Waals surface area (Å²) in [7, 11) is 0. The van der Waals surface area contributed by atoms with E-state index in [1.54, 1.807) is 17.0 Å². The molecular formula is C24H25F2N3O3. The Hall–Kier alpha value is -3.26. The van der Waals surface area contributed by atoms with Crippen LogP contribution >= 0.6 is 0 Å². The number of halogens is 2. The van der Waals surface area contributed by atoms with E-state index in [1.807, 2.05) is 18.2 Å². The summed E-state index contributed by atoms with van der Waals surface area (Å²) in [5.74, 6) is -1.32. The number of anilines is 1. The fraction of sp³-hybridized carbons (Fsp3) is 0.333. The normalized spacial score (nSPS) is 16.0. The van der Waals surface area contributed by atoms with Crippen LogP contribution in [0, 0.1) is 11.6 Å². The van der Waals surface area contributed by atoms with Crippen molar-refractivity contribution in [2.75, 3.05) is 18.4 Å². The average Bonchev–Trinajstić information content (AvgIpc) is 3.23. The number of hydrogen-bond acceptors (Lipinski definition) is 3. The number of hydrogen-bond donors (Lipinski definition) is 2. The first-order valence-electron chi connectivity index (χ1n) is 10.5. The summed E-state index contributed by atoms with van der Waals surface area (Å²) in [4.78, 5) is 27.8. The molecule has 0 bridgehead atoms. The van der Waals surface area contributed by atoms with E-state index in [1.165, 1.54) is 18.7 Å². The summed E-state index contributed by atoms with van der Waals surface area (Å²) in [6.07, 6.45) is 2.63. The van der Waals surface area contributed by atoms with Gasteiger partial charge in [0.15, 0.2) is 0 Å². The summed E-state index contributed by atoms with van der Waals surface area (Å²) in [5.41, 5.74) is 1.69. The zero-order valence-electron chi connectivity index (χ0n) is 18.0. The molecule has 0 unspecified atom stereocenters. The molecule has 32 heavy (non-hydrogen) atoms. The lowest BCUT2D eigenvalue weighted by molar-refractivity contribution is -0.147. The van der Waals surface area contributed by atoms with Gasteiger partial charge in [0, 0.05) is 29.9 Å². The molecule has 168 valence electrons. The summed E-state index contributed by atoms with van der Waals surface area (Å²) >= 11 is 0. The van der Waals surface area contributed by atoms with Gasteiger partial charge in [-0.25, -0.2) is 13.6 Å². The third kappa shape index (κ3) is 4.36. The van der Waals surface area contributed by atoms with Crippen molar-refractivity contribution >= 4 is 23.2 Å². The molecule has 8 heteroatoms. The zero-order chi connectivity index (χ0) is 23.0. The van der Waals surface area contributed by atoms with E-state index in [2.05, 4.69) is 5.32 Å². The molecule has 2 aliphatic heterocycles. The second-order valence-corrected chi connectivity index (χ2v) is 8.64. The Morgan fingerprint density at radius 1 is 0.969 bits per heavy atom. The Bertz CT molecular complexity index is 1060. The van der Waals surface area contributed by atoms with E-state index >= 15 is 0 Å². The predicted molar refractivity (Wildman–Crippen MR) is 117 cm³/mol. The van der Waals surface area contributed by atoms with E-state index in [-0.39, 0.29) is 30.1 Å². The van der Waals surface area contributed by atoms with Gasteiger partial charge in [0.1, 0.15) is 17.2 Å². The van der Waals surface area contributed by atoms with Gasteiger partial charge in [0.25, 0.3) is 5.91 Å². The van der Waals surface area contributed by atoms with E-state index in [0.717, 1.165) is 23.3 Å². The second-order valence-electron chi connectivity index (χ2n) is 8.64. The minimum Gasteiger partial charge on any atom is -0.381 e. The van der Waals surface area contributed by atoms with Crippen LogP contribution in [0.5, 0.6) is 0 Å². The SMILES string of the molecule is CC(C)(O)C(=O)N1CC=C(c2ccc(NC(=O)N3Cc4c(F)ccc(F)c4C3)cc2)CC1. The van der Waals surface area contributed by atoms with Crippen LogP contribution in [0.2, 0.25) is 0 Å². The standard InChI is InChI=1S/C24H25F2N3O3/c1-24(2,32)22(30)28-11-9-16(10-12-28)15-3-5-17(6-4-15)27-23(31)29-13-18-19(14-29)21(26)8-7-20(18)25/h3-9,32H,10-14H2,1-2H3,(H,27,31). The molecule has 0 saturated carbocycles. The van der Waals surface area contributed by atoms with Crippen LogP contribution in [0.3, 0.4) is 0 Å². The zero-order valence-corrected chi connectivity index (χ0v) is 18.0. The number of benzene rings is 2. The number of amides is 3. The summed E-state index contributed by atoms with van der Waals surface area (Å²) < 4.78 is 27.8. The number of rotatable bonds is 3. The van der Waals surface area contributed by atoms with Gasteiger partial charge in [-0.15, -0.1) is 0 Å². The van der Waals surface area contributed by atoms with Gasteiger partial charge in [-0.3, -0.25) is 4.79 Å². The summed E-state index contributed by atoms with van der Waals surface area (Å²) in [6.45, 7) is 3.96. The summed E-state index contributed by atoms with van der Waals surface area (Å²) in [5, 5.41) is 12.7. The molecule has 6 nitrogen and oxygen atoms in total.